The standard InChI is InChI=1S/C14H22N4O/c1-10(2)18-9-11-8-14(4-6-17(3)7-5-14)15-13(19)12(11)16-18/h9-10H,4-8H2,1-3H3,(H,15,19). The Hall–Kier alpha value is -1.36. The van der Waals surface area contributed by atoms with Crippen molar-refractivity contribution >= 4 is 5.91 Å². The highest BCUT2D eigenvalue weighted by Gasteiger charge is 2.41. The van der Waals surface area contributed by atoms with Gasteiger partial charge < -0.3 is 10.2 Å². The fourth-order valence-corrected chi connectivity index (χ4v) is 3.07. The van der Waals surface area contributed by atoms with Gasteiger partial charge in [-0.25, -0.2) is 0 Å². The van der Waals surface area contributed by atoms with E-state index in [0.29, 0.717) is 11.7 Å². The number of rotatable bonds is 1. The van der Waals surface area contributed by atoms with E-state index in [1.54, 1.807) is 0 Å². The van der Waals surface area contributed by atoms with E-state index in [-0.39, 0.29) is 11.4 Å². The first-order chi connectivity index (χ1) is 8.99. The molecule has 2 aliphatic rings. The van der Waals surface area contributed by atoms with Crippen molar-refractivity contribution in [3.63, 3.8) is 0 Å². The Morgan fingerprint density at radius 2 is 2.05 bits per heavy atom. The summed E-state index contributed by atoms with van der Waals surface area (Å²) < 4.78 is 1.90. The van der Waals surface area contributed by atoms with E-state index in [1.165, 1.54) is 0 Å². The number of nitrogens with zero attached hydrogens (tertiary/aromatic N) is 3. The van der Waals surface area contributed by atoms with Crippen LogP contribution < -0.4 is 5.32 Å². The van der Waals surface area contributed by atoms with Crippen LogP contribution in [0.4, 0.5) is 0 Å². The molecule has 0 radical (unpaired) electrons. The molecular formula is C14H22N4O. The van der Waals surface area contributed by atoms with Crippen LogP contribution in [-0.4, -0.2) is 46.3 Å². The Morgan fingerprint density at radius 3 is 2.68 bits per heavy atom. The molecule has 104 valence electrons. The van der Waals surface area contributed by atoms with Gasteiger partial charge >= 0.3 is 0 Å². The summed E-state index contributed by atoms with van der Waals surface area (Å²) in [6.07, 6.45) is 5.04. The average molecular weight is 262 g/mol. The van der Waals surface area contributed by atoms with Crippen LogP contribution in [0.1, 0.15) is 48.8 Å². The smallest absolute Gasteiger partial charge is 0.272 e. The normalized spacial score (nSPS) is 22.6. The molecule has 5 nitrogen and oxygen atoms in total. The molecule has 1 saturated heterocycles. The number of amides is 1. The largest absolute Gasteiger partial charge is 0.345 e. The number of hydrogen-bond acceptors (Lipinski definition) is 3. The minimum Gasteiger partial charge on any atom is -0.345 e. The van der Waals surface area contributed by atoms with E-state index in [0.717, 1.165) is 37.9 Å². The molecule has 2 aliphatic heterocycles. The van der Waals surface area contributed by atoms with Crippen molar-refractivity contribution in [3.8, 4) is 0 Å². The van der Waals surface area contributed by atoms with Gasteiger partial charge in [-0.3, -0.25) is 9.48 Å². The van der Waals surface area contributed by atoms with Gasteiger partial charge in [0.2, 0.25) is 0 Å². The first kappa shape index (κ1) is 12.7. The molecule has 0 aromatic carbocycles. The van der Waals surface area contributed by atoms with Crippen molar-refractivity contribution in [2.45, 2.75) is 44.7 Å². The summed E-state index contributed by atoms with van der Waals surface area (Å²) in [7, 11) is 2.14. The highest BCUT2D eigenvalue weighted by atomic mass is 16.2. The average Bonchev–Trinajstić information content (AvgIpc) is 2.78. The second kappa shape index (κ2) is 4.34. The van der Waals surface area contributed by atoms with Crippen LogP contribution in [0.3, 0.4) is 0 Å². The van der Waals surface area contributed by atoms with Crippen molar-refractivity contribution in [2.75, 3.05) is 20.1 Å². The summed E-state index contributed by atoms with van der Waals surface area (Å²) >= 11 is 0. The van der Waals surface area contributed by atoms with E-state index in [2.05, 4.69) is 42.4 Å². The molecule has 0 saturated carbocycles. The van der Waals surface area contributed by atoms with Gasteiger partial charge in [0.1, 0.15) is 0 Å². The van der Waals surface area contributed by atoms with Crippen molar-refractivity contribution in [1.29, 1.82) is 0 Å². The number of nitrogens with one attached hydrogen (secondary N) is 1. The van der Waals surface area contributed by atoms with Crippen LogP contribution in [0.2, 0.25) is 0 Å². The monoisotopic (exact) mass is 262 g/mol. The molecule has 0 aliphatic carbocycles. The highest BCUT2D eigenvalue weighted by Crippen LogP contribution is 2.31. The number of fused-ring (bicyclic) bond motifs is 1. The van der Waals surface area contributed by atoms with E-state index in [9.17, 15) is 4.79 Å². The summed E-state index contributed by atoms with van der Waals surface area (Å²) in [6.45, 7) is 6.27. The van der Waals surface area contributed by atoms with Gasteiger partial charge in [-0.1, -0.05) is 0 Å². The maximum absolute atomic E-state index is 12.3. The molecule has 3 rings (SSSR count). The Morgan fingerprint density at radius 1 is 1.37 bits per heavy atom. The Balaban J connectivity index is 1.89. The Labute approximate surface area is 114 Å². The van der Waals surface area contributed by atoms with Crippen LogP contribution in [0, 0.1) is 0 Å². The van der Waals surface area contributed by atoms with Crippen molar-refractivity contribution in [2.24, 2.45) is 0 Å². The number of likely N-dealkylation sites (tertiary alicyclic amines) is 1. The third kappa shape index (κ3) is 2.16. The molecule has 1 aromatic rings. The molecule has 1 aromatic heterocycles. The Bertz CT molecular complexity index is 498. The van der Waals surface area contributed by atoms with Gasteiger partial charge in [0, 0.05) is 36.4 Å². The van der Waals surface area contributed by atoms with Crippen LogP contribution in [0.25, 0.3) is 0 Å². The predicted molar refractivity (Wildman–Crippen MR) is 73.2 cm³/mol. The third-order valence-corrected chi connectivity index (χ3v) is 4.40. The molecule has 0 bridgehead atoms. The summed E-state index contributed by atoms with van der Waals surface area (Å²) in [4.78, 5) is 14.6. The fraction of sp³-hybridized carbons (Fsp3) is 0.714. The lowest BCUT2D eigenvalue weighted by Crippen LogP contribution is -2.58. The molecule has 1 amide bonds. The topological polar surface area (TPSA) is 50.2 Å². The van der Waals surface area contributed by atoms with Crippen LogP contribution in [-0.2, 0) is 6.42 Å². The molecule has 3 heterocycles. The van der Waals surface area contributed by atoms with Crippen molar-refractivity contribution < 1.29 is 4.79 Å². The van der Waals surface area contributed by atoms with Crippen molar-refractivity contribution in [3.05, 3.63) is 17.5 Å². The SMILES string of the molecule is CC(C)n1cc2c(n1)C(=O)NC1(CCN(C)CC1)C2. The first-order valence-electron chi connectivity index (χ1n) is 7.08. The molecular weight excluding hydrogens is 240 g/mol. The number of aromatic nitrogens is 2. The van der Waals surface area contributed by atoms with Crippen LogP contribution in [0.15, 0.2) is 6.20 Å². The van der Waals surface area contributed by atoms with E-state index >= 15 is 0 Å². The van der Waals surface area contributed by atoms with E-state index < -0.39 is 0 Å². The fourth-order valence-electron chi connectivity index (χ4n) is 3.07. The summed E-state index contributed by atoms with van der Waals surface area (Å²) in [5, 5.41) is 7.64. The minimum absolute atomic E-state index is 0.00482. The van der Waals surface area contributed by atoms with Gasteiger partial charge in [0.05, 0.1) is 0 Å². The van der Waals surface area contributed by atoms with Gasteiger partial charge in [-0.15, -0.1) is 0 Å². The van der Waals surface area contributed by atoms with E-state index in [1.807, 2.05) is 4.68 Å². The Kier molecular flexibility index (Phi) is 2.89. The maximum Gasteiger partial charge on any atom is 0.272 e. The molecule has 1 fully saturated rings. The van der Waals surface area contributed by atoms with E-state index in [4.69, 9.17) is 0 Å². The minimum atomic E-state index is -0.0402. The first-order valence-corrected chi connectivity index (χ1v) is 7.08. The molecule has 1 N–H and O–H groups in total. The lowest BCUT2D eigenvalue weighted by atomic mass is 9.79. The summed E-state index contributed by atoms with van der Waals surface area (Å²) in [6, 6.07) is 0.298. The molecule has 5 heteroatoms. The second-order valence-corrected chi connectivity index (χ2v) is 6.29. The highest BCUT2D eigenvalue weighted by molar-refractivity contribution is 5.95. The molecule has 19 heavy (non-hydrogen) atoms. The number of carbonyl (C=O) groups is 1. The predicted octanol–water partition coefficient (Wildman–Crippen LogP) is 1.21. The molecule has 0 unspecified atom stereocenters. The molecule has 1 spiro atoms. The summed E-state index contributed by atoms with van der Waals surface area (Å²) in [5.74, 6) is 0.00482. The lowest BCUT2D eigenvalue weighted by Gasteiger charge is -2.43. The quantitative estimate of drug-likeness (QED) is 0.828. The maximum atomic E-state index is 12.3. The molecule has 0 atom stereocenters. The van der Waals surface area contributed by atoms with Gasteiger partial charge in [-0.05, 0) is 40.2 Å². The number of piperidine rings is 1. The van der Waals surface area contributed by atoms with Crippen LogP contribution in [0.5, 0.6) is 0 Å². The van der Waals surface area contributed by atoms with Gasteiger partial charge in [-0.2, -0.15) is 5.10 Å². The van der Waals surface area contributed by atoms with Crippen LogP contribution >= 0.6 is 0 Å². The third-order valence-electron chi connectivity index (χ3n) is 4.40. The zero-order valence-corrected chi connectivity index (χ0v) is 11.9. The number of hydrogen-bond donors (Lipinski definition) is 1. The summed E-state index contributed by atoms with van der Waals surface area (Å²) in [5.41, 5.74) is 1.70. The number of carbonyl (C=O) groups excluding carboxylic acids is 1. The zero-order chi connectivity index (χ0) is 13.6. The zero-order valence-electron chi connectivity index (χ0n) is 11.9. The second-order valence-electron chi connectivity index (χ2n) is 6.29. The van der Waals surface area contributed by atoms with Gasteiger partial charge in [0.25, 0.3) is 5.91 Å². The lowest BCUT2D eigenvalue weighted by molar-refractivity contribution is 0.0795. The van der Waals surface area contributed by atoms with Crippen molar-refractivity contribution in [1.82, 2.24) is 20.0 Å². The van der Waals surface area contributed by atoms with Gasteiger partial charge in [0.15, 0.2) is 5.69 Å².